The molecule has 0 spiro atoms. The molecule has 0 unspecified atom stereocenters. The van der Waals surface area contributed by atoms with Gasteiger partial charge in [0.25, 0.3) is 0 Å². The molecule has 0 aliphatic carbocycles. The molecule has 2 rings (SSSR count). The Morgan fingerprint density at radius 1 is 1.33 bits per heavy atom. The van der Waals surface area contributed by atoms with Crippen LogP contribution in [0.1, 0.15) is 37.6 Å². The number of hydrogen-bond donors (Lipinski definition) is 2. The Hall–Kier alpha value is -1.46. The van der Waals surface area contributed by atoms with E-state index in [-0.39, 0.29) is 5.97 Å². The summed E-state index contributed by atoms with van der Waals surface area (Å²) in [5.74, 6) is -0.333. The van der Waals surface area contributed by atoms with Crippen molar-refractivity contribution in [2.45, 2.75) is 32.8 Å². The molecule has 1 fully saturated rings. The topological polar surface area (TPSA) is 63.2 Å². The fourth-order valence-electron chi connectivity index (χ4n) is 1.26. The zero-order valence-corrected chi connectivity index (χ0v) is 11.2. The highest BCUT2D eigenvalue weighted by atomic mass is 16.6. The van der Waals surface area contributed by atoms with Crippen LogP contribution in [0.25, 0.3) is 0 Å². The van der Waals surface area contributed by atoms with E-state index in [0.29, 0.717) is 5.56 Å². The van der Waals surface area contributed by atoms with Crippen molar-refractivity contribution < 1.29 is 9.53 Å². The van der Waals surface area contributed by atoms with Crippen LogP contribution < -0.4 is 10.9 Å². The Kier molecular flexibility index (Phi) is 5.74. The molecule has 0 bridgehead atoms. The van der Waals surface area contributed by atoms with Crippen molar-refractivity contribution in [3.63, 3.8) is 0 Å². The zero-order valence-electron chi connectivity index (χ0n) is 11.2. The number of rotatable bonds is 1. The van der Waals surface area contributed by atoms with E-state index >= 15 is 0 Å². The first-order valence-electron chi connectivity index (χ1n) is 6.08. The van der Waals surface area contributed by atoms with Crippen LogP contribution in [-0.2, 0) is 4.74 Å². The molecule has 5 heteroatoms. The molecule has 100 valence electrons. The first-order valence-corrected chi connectivity index (χ1v) is 6.08. The van der Waals surface area contributed by atoms with Crippen LogP contribution in [0.2, 0.25) is 0 Å². The number of hydrogen-bond acceptors (Lipinski definition) is 5. The Bertz CT molecular complexity index is 349. The SMILES string of the molecule is C1CNNC1.CC(C)(C)OC(=O)c1cccnc1. The molecule has 1 aromatic rings. The van der Waals surface area contributed by atoms with E-state index in [0.717, 1.165) is 13.1 Å². The standard InChI is InChI=1S/C10H13NO2.C3H8N2/c1-10(2,3)13-9(12)8-5-4-6-11-7-8;1-2-4-5-3-1/h4-7H,1-3H3;4-5H,1-3H2. The van der Waals surface area contributed by atoms with E-state index < -0.39 is 5.60 Å². The average Bonchev–Trinajstić information content (AvgIpc) is 2.86. The fourth-order valence-corrected chi connectivity index (χ4v) is 1.26. The summed E-state index contributed by atoms with van der Waals surface area (Å²) < 4.78 is 5.14. The summed E-state index contributed by atoms with van der Waals surface area (Å²) in [5, 5.41) is 0. The molecule has 0 atom stereocenters. The predicted octanol–water partition coefficient (Wildman–Crippen LogP) is 1.52. The number of nitrogens with zero attached hydrogens (tertiary/aromatic N) is 1. The largest absolute Gasteiger partial charge is 0.456 e. The van der Waals surface area contributed by atoms with Crippen LogP contribution in [0.5, 0.6) is 0 Å². The van der Waals surface area contributed by atoms with Gasteiger partial charge in [0.2, 0.25) is 0 Å². The third kappa shape index (κ3) is 6.32. The number of ether oxygens (including phenoxy) is 1. The van der Waals surface area contributed by atoms with Gasteiger partial charge >= 0.3 is 5.97 Å². The van der Waals surface area contributed by atoms with Crippen molar-refractivity contribution >= 4 is 5.97 Å². The average molecular weight is 251 g/mol. The van der Waals surface area contributed by atoms with E-state index in [1.54, 1.807) is 18.3 Å². The number of carbonyl (C=O) groups excluding carboxylic acids is 1. The molecule has 0 amide bonds. The Balaban J connectivity index is 0.000000269. The van der Waals surface area contributed by atoms with E-state index in [4.69, 9.17) is 4.74 Å². The van der Waals surface area contributed by atoms with E-state index in [1.165, 1.54) is 12.6 Å². The van der Waals surface area contributed by atoms with Crippen LogP contribution in [0.4, 0.5) is 0 Å². The maximum atomic E-state index is 11.4. The molecule has 2 heterocycles. The third-order valence-corrected chi connectivity index (χ3v) is 2.02. The zero-order chi connectivity index (χ0) is 13.4. The lowest BCUT2D eigenvalue weighted by molar-refractivity contribution is 0.00691. The van der Waals surface area contributed by atoms with Gasteiger partial charge in [-0.1, -0.05) is 0 Å². The molecule has 0 saturated carbocycles. The summed E-state index contributed by atoms with van der Waals surface area (Å²) in [7, 11) is 0. The number of carbonyl (C=O) groups is 1. The maximum absolute atomic E-state index is 11.4. The highest BCUT2D eigenvalue weighted by molar-refractivity contribution is 5.89. The van der Waals surface area contributed by atoms with Crippen molar-refractivity contribution in [3.05, 3.63) is 30.1 Å². The van der Waals surface area contributed by atoms with Gasteiger partial charge in [0.15, 0.2) is 0 Å². The molecular formula is C13H21N3O2. The van der Waals surface area contributed by atoms with Gasteiger partial charge in [-0.05, 0) is 39.3 Å². The number of esters is 1. The van der Waals surface area contributed by atoms with E-state index in [1.807, 2.05) is 20.8 Å². The lowest BCUT2D eigenvalue weighted by atomic mass is 10.2. The van der Waals surface area contributed by atoms with Gasteiger partial charge in [0.1, 0.15) is 5.60 Å². The van der Waals surface area contributed by atoms with Crippen molar-refractivity contribution in [3.8, 4) is 0 Å². The van der Waals surface area contributed by atoms with Gasteiger partial charge in [-0.15, -0.1) is 0 Å². The van der Waals surface area contributed by atoms with Gasteiger partial charge in [-0.2, -0.15) is 0 Å². The summed E-state index contributed by atoms with van der Waals surface area (Å²) in [6.45, 7) is 7.78. The third-order valence-electron chi connectivity index (χ3n) is 2.02. The highest BCUT2D eigenvalue weighted by Gasteiger charge is 2.17. The van der Waals surface area contributed by atoms with Gasteiger partial charge in [-0.3, -0.25) is 15.8 Å². The summed E-state index contributed by atoms with van der Waals surface area (Å²) in [6, 6.07) is 3.39. The molecular weight excluding hydrogens is 230 g/mol. The normalized spacial score (nSPS) is 14.6. The lowest BCUT2D eigenvalue weighted by Gasteiger charge is -2.19. The van der Waals surface area contributed by atoms with E-state index in [9.17, 15) is 4.79 Å². The monoisotopic (exact) mass is 251 g/mol. The Morgan fingerprint density at radius 3 is 2.39 bits per heavy atom. The van der Waals surface area contributed by atoms with Crippen LogP contribution >= 0.6 is 0 Å². The molecule has 0 aromatic carbocycles. The number of hydrazine groups is 1. The molecule has 5 nitrogen and oxygen atoms in total. The summed E-state index contributed by atoms with van der Waals surface area (Å²) in [6.07, 6.45) is 4.39. The number of pyridine rings is 1. The second kappa shape index (κ2) is 7.08. The number of nitrogens with one attached hydrogen (secondary N) is 2. The molecule has 18 heavy (non-hydrogen) atoms. The first-order chi connectivity index (χ1) is 8.49. The van der Waals surface area contributed by atoms with Crippen molar-refractivity contribution in [1.82, 2.24) is 15.8 Å². The fraction of sp³-hybridized carbons (Fsp3) is 0.538. The van der Waals surface area contributed by atoms with Crippen LogP contribution in [-0.4, -0.2) is 29.6 Å². The molecule has 2 N–H and O–H groups in total. The lowest BCUT2D eigenvalue weighted by Crippen LogP contribution is -2.23. The van der Waals surface area contributed by atoms with Crippen molar-refractivity contribution in [1.29, 1.82) is 0 Å². The predicted molar refractivity (Wildman–Crippen MR) is 70.0 cm³/mol. The molecule has 1 aromatic heterocycles. The first kappa shape index (κ1) is 14.6. The molecule has 1 aliphatic heterocycles. The minimum Gasteiger partial charge on any atom is -0.456 e. The molecule has 1 aliphatic rings. The van der Waals surface area contributed by atoms with Crippen LogP contribution in [0.3, 0.4) is 0 Å². The van der Waals surface area contributed by atoms with Crippen LogP contribution in [0.15, 0.2) is 24.5 Å². The van der Waals surface area contributed by atoms with Crippen LogP contribution in [0, 0.1) is 0 Å². The summed E-state index contributed by atoms with van der Waals surface area (Å²) >= 11 is 0. The Labute approximate surface area is 108 Å². The second-order valence-corrected chi connectivity index (χ2v) is 4.95. The Morgan fingerprint density at radius 2 is 2.00 bits per heavy atom. The minimum absolute atomic E-state index is 0.333. The summed E-state index contributed by atoms with van der Waals surface area (Å²) in [4.78, 5) is 15.2. The minimum atomic E-state index is -0.451. The number of aromatic nitrogens is 1. The quantitative estimate of drug-likeness (QED) is 0.741. The van der Waals surface area contributed by atoms with Gasteiger partial charge in [-0.25, -0.2) is 4.79 Å². The van der Waals surface area contributed by atoms with E-state index in [2.05, 4.69) is 15.8 Å². The highest BCUT2D eigenvalue weighted by Crippen LogP contribution is 2.10. The smallest absolute Gasteiger partial charge is 0.340 e. The van der Waals surface area contributed by atoms with Gasteiger partial charge in [0.05, 0.1) is 5.56 Å². The summed E-state index contributed by atoms with van der Waals surface area (Å²) in [5.41, 5.74) is 5.98. The van der Waals surface area contributed by atoms with Gasteiger partial charge < -0.3 is 4.74 Å². The maximum Gasteiger partial charge on any atom is 0.340 e. The molecule has 1 saturated heterocycles. The van der Waals surface area contributed by atoms with Crippen molar-refractivity contribution in [2.75, 3.05) is 13.1 Å². The second-order valence-electron chi connectivity index (χ2n) is 4.95. The van der Waals surface area contributed by atoms with Gasteiger partial charge in [0, 0.05) is 25.5 Å². The van der Waals surface area contributed by atoms with Crippen molar-refractivity contribution in [2.24, 2.45) is 0 Å². The molecule has 0 radical (unpaired) electrons.